The SMILES string of the molecule is CC1(C)CN=C(c2nc3ccc(O)cc3s2)S1. The highest BCUT2D eigenvalue weighted by molar-refractivity contribution is 8.16. The van der Waals surface area contributed by atoms with E-state index in [0.29, 0.717) is 0 Å². The summed E-state index contributed by atoms with van der Waals surface area (Å²) in [6.07, 6.45) is 0. The summed E-state index contributed by atoms with van der Waals surface area (Å²) in [4.78, 5) is 9.10. The molecule has 0 saturated heterocycles. The number of benzene rings is 1. The lowest BCUT2D eigenvalue weighted by Gasteiger charge is -2.12. The number of nitrogens with zero attached hydrogens (tertiary/aromatic N) is 2. The minimum Gasteiger partial charge on any atom is -0.508 e. The van der Waals surface area contributed by atoms with Crippen LogP contribution in [0, 0.1) is 0 Å². The van der Waals surface area contributed by atoms with Crippen LogP contribution in [0.1, 0.15) is 18.9 Å². The highest BCUT2D eigenvalue weighted by Gasteiger charge is 2.29. The average molecular weight is 264 g/mol. The van der Waals surface area contributed by atoms with E-state index in [1.807, 2.05) is 6.07 Å². The van der Waals surface area contributed by atoms with Gasteiger partial charge in [0, 0.05) is 4.75 Å². The van der Waals surface area contributed by atoms with E-state index in [4.69, 9.17) is 0 Å². The zero-order valence-electron chi connectivity index (χ0n) is 9.60. The molecule has 1 aliphatic rings. The molecule has 88 valence electrons. The minimum atomic E-state index is 0.176. The van der Waals surface area contributed by atoms with Crippen molar-refractivity contribution in [1.82, 2.24) is 4.98 Å². The van der Waals surface area contributed by atoms with Crippen LogP contribution in [0.2, 0.25) is 0 Å². The first-order valence-electron chi connectivity index (χ1n) is 5.37. The summed E-state index contributed by atoms with van der Waals surface area (Å²) in [7, 11) is 0. The maximum Gasteiger partial charge on any atom is 0.149 e. The topological polar surface area (TPSA) is 45.5 Å². The standard InChI is InChI=1S/C12H12N2OS2/c1-12(2)6-13-10(17-12)11-14-8-4-3-7(15)5-9(8)16-11/h3-5,15H,6H2,1-2H3. The van der Waals surface area contributed by atoms with Gasteiger partial charge in [0.15, 0.2) is 0 Å². The Morgan fingerprint density at radius 2 is 2.18 bits per heavy atom. The van der Waals surface area contributed by atoms with Gasteiger partial charge in [-0.1, -0.05) is 11.8 Å². The van der Waals surface area contributed by atoms with Crippen molar-refractivity contribution in [3.8, 4) is 5.75 Å². The molecule has 1 aromatic carbocycles. The fourth-order valence-corrected chi connectivity index (χ4v) is 3.77. The first-order valence-corrected chi connectivity index (χ1v) is 7.00. The Bertz CT molecular complexity index is 616. The molecule has 1 N–H and O–H groups in total. The fourth-order valence-electron chi connectivity index (χ4n) is 1.70. The van der Waals surface area contributed by atoms with Crippen molar-refractivity contribution in [3.05, 3.63) is 23.2 Å². The number of thiazole rings is 1. The molecule has 2 heterocycles. The Morgan fingerprint density at radius 1 is 1.35 bits per heavy atom. The van der Waals surface area contributed by atoms with Crippen molar-refractivity contribution in [2.75, 3.05) is 6.54 Å². The summed E-state index contributed by atoms with van der Waals surface area (Å²) >= 11 is 3.36. The van der Waals surface area contributed by atoms with E-state index in [0.717, 1.165) is 26.8 Å². The number of thioether (sulfide) groups is 1. The van der Waals surface area contributed by atoms with Gasteiger partial charge in [-0.3, -0.25) is 4.99 Å². The van der Waals surface area contributed by atoms with E-state index < -0.39 is 0 Å². The van der Waals surface area contributed by atoms with Crippen LogP contribution in [0.3, 0.4) is 0 Å². The lowest BCUT2D eigenvalue weighted by atomic mass is 10.2. The van der Waals surface area contributed by atoms with E-state index in [1.165, 1.54) is 0 Å². The summed E-state index contributed by atoms with van der Waals surface area (Å²) in [5.74, 6) is 0.286. The normalized spacial score (nSPS) is 18.6. The molecule has 0 fully saturated rings. The minimum absolute atomic E-state index is 0.176. The number of phenolic OH excluding ortho intramolecular Hbond substituents is 1. The molecule has 0 unspecified atom stereocenters. The average Bonchev–Trinajstić information content (AvgIpc) is 2.80. The van der Waals surface area contributed by atoms with Crippen LogP contribution in [0.15, 0.2) is 23.2 Å². The molecule has 17 heavy (non-hydrogen) atoms. The summed E-state index contributed by atoms with van der Waals surface area (Å²) < 4.78 is 1.18. The molecule has 1 aromatic heterocycles. The Balaban J connectivity index is 2.02. The smallest absolute Gasteiger partial charge is 0.149 e. The molecule has 2 aromatic rings. The number of hydrogen-bond acceptors (Lipinski definition) is 5. The number of hydrogen-bond donors (Lipinski definition) is 1. The zero-order valence-corrected chi connectivity index (χ0v) is 11.2. The number of fused-ring (bicyclic) bond motifs is 1. The number of phenols is 1. The van der Waals surface area contributed by atoms with Gasteiger partial charge in [0.2, 0.25) is 0 Å². The first-order chi connectivity index (χ1) is 8.03. The van der Waals surface area contributed by atoms with Crippen LogP contribution in [0.5, 0.6) is 5.75 Å². The van der Waals surface area contributed by atoms with Crippen molar-refractivity contribution in [2.24, 2.45) is 4.99 Å². The van der Waals surface area contributed by atoms with Crippen molar-refractivity contribution in [3.63, 3.8) is 0 Å². The van der Waals surface area contributed by atoms with Gasteiger partial charge in [-0.05, 0) is 32.0 Å². The maximum atomic E-state index is 9.43. The molecule has 0 bridgehead atoms. The zero-order chi connectivity index (χ0) is 12.0. The predicted octanol–water partition coefficient (Wildman–Crippen LogP) is 3.27. The van der Waals surface area contributed by atoms with Crippen LogP contribution in [0.4, 0.5) is 0 Å². The Morgan fingerprint density at radius 3 is 2.88 bits per heavy atom. The number of rotatable bonds is 1. The van der Waals surface area contributed by atoms with E-state index in [1.54, 1.807) is 35.2 Å². The van der Waals surface area contributed by atoms with Crippen molar-refractivity contribution < 1.29 is 5.11 Å². The quantitative estimate of drug-likeness (QED) is 0.859. The second-order valence-corrected chi connectivity index (χ2v) is 7.38. The summed E-state index contributed by atoms with van der Waals surface area (Å²) in [6.45, 7) is 5.22. The van der Waals surface area contributed by atoms with Gasteiger partial charge in [-0.2, -0.15) is 0 Å². The Kier molecular flexibility index (Phi) is 2.41. The van der Waals surface area contributed by atoms with Crippen LogP contribution < -0.4 is 0 Å². The second kappa shape index (κ2) is 3.71. The highest BCUT2D eigenvalue weighted by Crippen LogP contribution is 2.37. The van der Waals surface area contributed by atoms with Crippen LogP contribution in [-0.4, -0.2) is 26.4 Å². The van der Waals surface area contributed by atoms with Crippen LogP contribution in [-0.2, 0) is 0 Å². The van der Waals surface area contributed by atoms with Gasteiger partial charge in [-0.15, -0.1) is 11.3 Å². The monoisotopic (exact) mass is 264 g/mol. The lowest BCUT2D eigenvalue weighted by Crippen LogP contribution is -2.14. The van der Waals surface area contributed by atoms with E-state index in [-0.39, 0.29) is 10.5 Å². The molecule has 1 aliphatic heterocycles. The highest BCUT2D eigenvalue weighted by atomic mass is 32.2. The molecule has 5 heteroatoms. The predicted molar refractivity (Wildman–Crippen MR) is 74.4 cm³/mol. The summed E-state index contributed by atoms with van der Waals surface area (Å²) in [5.41, 5.74) is 0.927. The molecule has 0 radical (unpaired) electrons. The summed E-state index contributed by atoms with van der Waals surface area (Å²) in [6, 6.07) is 5.26. The number of aromatic nitrogens is 1. The second-order valence-electron chi connectivity index (χ2n) is 4.65. The first kappa shape index (κ1) is 11.0. The largest absolute Gasteiger partial charge is 0.508 e. The van der Waals surface area contributed by atoms with Gasteiger partial charge in [0.25, 0.3) is 0 Å². The van der Waals surface area contributed by atoms with Gasteiger partial charge in [-0.25, -0.2) is 4.98 Å². The molecule has 0 aliphatic carbocycles. The van der Waals surface area contributed by atoms with Crippen molar-refractivity contribution in [1.29, 1.82) is 0 Å². The summed E-state index contributed by atoms with van der Waals surface area (Å²) in [5, 5.41) is 11.4. The molecule has 0 atom stereocenters. The van der Waals surface area contributed by atoms with Crippen molar-refractivity contribution in [2.45, 2.75) is 18.6 Å². The molecule has 3 rings (SSSR count). The lowest BCUT2D eigenvalue weighted by molar-refractivity contribution is 0.476. The Hall–Kier alpha value is -1.07. The van der Waals surface area contributed by atoms with Gasteiger partial charge >= 0.3 is 0 Å². The van der Waals surface area contributed by atoms with Gasteiger partial charge < -0.3 is 5.11 Å². The van der Waals surface area contributed by atoms with Crippen molar-refractivity contribution >= 4 is 38.4 Å². The molecule has 0 spiro atoms. The maximum absolute atomic E-state index is 9.43. The van der Waals surface area contributed by atoms with Crippen LogP contribution >= 0.6 is 23.1 Å². The van der Waals surface area contributed by atoms with Gasteiger partial charge in [0.1, 0.15) is 15.8 Å². The molecule has 0 amide bonds. The third kappa shape index (κ3) is 2.05. The fraction of sp³-hybridized carbons (Fsp3) is 0.333. The Labute approximate surface area is 108 Å². The van der Waals surface area contributed by atoms with E-state index in [9.17, 15) is 5.11 Å². The van der Waals surface area contributed by atoms with Gasteiger partial charge in [0.05, 0.1) is 16.8 Å². The molecule has 3 nitrogen and oxygen atoms in total. The van der Waals surface area contributed by atoms with E-state index in [2.05, 4.69) is 23.8 Å². The third-order valence-corrected chi connectivity index (χ3v) is 4.88. The third-order valence-electron chi connectivity index (χ3n) is 2.53. The number of aromatic hydroxyl groups is 1. The van der Waals surface area contributed by atoms with Crippen LogP contribution in [0.25, 0.3) is 10.2 Å². The molecule has 0 saturated carbocycles. The molecular formula is C12H12N2OS2. The molecular weight excluding hydrogens is 252 g/mol. The number of aliphatic imine (C=N–C) groups is 1. The van der Waals surface area contributed by atoms with E-state index >= 15 is 0 Å².